The van der Waals surface area contributed by atoms with Crippen molar-refractivity contribution in [3.05, 3.63) is 0 Å². The van der Waals surface area contributed by atoms with Gasteiger partial charge >= 0.3 is 0 Å². The number of hydrogen-bond acceptors (Lipinski definition) is 2. The number of hydrogen-bond donors (Lipinski definition) is 1. The maximum absolute atomic E-state index is 5.77. The van der Waals surface area contributed by atoms with E-state index in [1.807, 2.05) is 0 Å². The van der Waals surface area contributed by atoms with Crippen LogP contribution in [0.1, 0.15) is 45.4 Å². The highest BCUT2D eigenvalue weighted by Crippen LogP contribution is 2.23. The molecule has 1 saturated carbocycles. The van der Waals surface area contributed by atoms with E-state index in [9.17, 15) is 0 Å². The van der Waals surface area contributed by atoms with E-state index in [0.717, 1.165) is 24.9 Å². The maximum atomic E-state index is 5.77. The molecule has 0 heterocycles. The van der Waals surface area contributed by atoms with Gasteiger partial charge in [-0.1, -0.05) is 32.6 Å². The second-order valence-corrected chi connectivity index (χ2v) is 4.86. The van der Waals surface area contributed by atoms with E-state index in [1.165, 1.54) is 38.5 Å². The Morgan fingerprint density at radius 1 is 1.29 bits per heavy atom. The molecule has 0 amide bonds. The molecule has 84 valence electrons. The molecule has 1 unspecified atom stereocenters. The van der Waals surface area contributed by atoms with Crippen molar-refractivity contribution < 1.29 is 4.74 Å². The Kier molecular flexibility index (Phi) is 6.70. The van der Waals surface area contributed by atoms with Gasteiger partial charge in [-0.15, -0.1) is 0 Å². The molecule has 1 aliphatic rings. The van der Waals surface area contributed by atoms with Crippen LogP contribution < -0.4 is 0 Å². The third kappa shape index (κ3) is 4.70. The maximum Gasteiger partial charge on any atom is 0.0502 e. The van der Waals surface area contributed by atoms with Gasteiger partial charge in [0.25, 0.3) is 0 Å². The first-order valence-electron chi connectivity index (χ1n) is 6.05. The highest BCUT2D eigenvalue weighted by Gasteiger charge is 2.14. The van der Waals surface area contributed by atoms with Crippen LogP contribution >= 0.6 is 12.6 Å². The average Bonchev–Trinajstić information content (AvgIpc) is 2.26. The second-order valence-electron chi connectivity index (χ2n) is 4.50. The summed E-state index contributed by atoms with van der Waals surface area (Å²) in [5, 5.41) is 0. The average molecular weight is 216 g/mol. The summed E-state index contributed by atoms with van der Waals surface area (Å²) in [6.45, 7) is 4.12. The first-order chi connectivity index (χ1) is 6.86. The summed E-state index contributed by atoms with van der Waals surface area (Å²) in [6.07, 6.45) is 8.23. The summed E-state index contributed by atoms with van der Waals surface area (Å²) in [6, 6.07) is 0. The van der Waals surface area contributed by atoms with E-state index < -0.39 is 0 Å². The monoisotopic (exact) mass is 216 g/mol. The zero-order chi connectivity index (χ0) is 10.2. The molecule has 1 fully saturated rings. The minimum Gasteiger partial charge on any atom is -0.381 e. The van der Waals surface area contributed by atoms with E-state index in [4.69, 9.17) is 4.74 Å². The fourth-order valence-corrected chi connectivity index (χ4v) is 2.42. The Bertz CT molecular complexity index is 128. The zero-order valence-electron chi connectivity index (χ0n) is 9.37. The normalized spacial score (nSPS) is 21.0. The third-order valence-electron chi connectivity index (χ3n) is 3.27. The minimum absolute atomic E-state index is 0.655. The molecule has 0 aliphatic heterocycles. The van der Waals surface area contributed by atoms with Crippen LogP contribution in [0.5, 0.6) is 0 Å². The number of ether oxygens (including phenoxy) is 1. The van der Waals surface area contributed by atoms with Crippen molar-refractivity contribution in [2.45, 2.75) is 45.4 Å². The lowest BCUT2D eigenvalue weighted by Gasteiger charge is -2.22. The Morgan fingerprint density at radius 2 is 2.00 bits per heavy atom. The van der Waals surface area contributed by atoms with Crippen LogP contribution in [0.25, 0.3) is 0 Å². The molecule has 1 nitrogen and oxygen atoms in total. The molecule has 1 rings (SSSR count). The lowest BCUT2D eigenvalue weighted by Crippen LogP contribution is -2.17. The second kappa shape index (κ2) is 7.58. The van der Waals surface area contributed by atoms with E-state index in [1.54, 1.807) is 0 Å². The SMILES string of the molecule is CCC(CS)COCC1CCCCC1. The van der Waals surface area contributed by atoms with Crippen LogP contribution in [0.2, 0.25) is 0 Å². The Hall–Kier alpha value is 0.310. The molecule has 0 radical (unpaired) electrons. The molecule has 0 N–H and O–H groups in total. The van der Waals surface area contributed by atoms with E-state index in [-0.39, 0.29) is 0 Å². The highest BCUT2D eigenvalue weighted by atomic mass is 32.1. The van der Waals surface area contributed by atoms with Crippen LogP contribution in [0.4, 0.5) is 0 Å². The summed E-state index contributed by atoms with van der Waals surface area (Å²) in [4.78, 5) is 0. The Balaban J connectivity index is 2.01. The Morgan fingerprint density at radius 3 is 2.57 bits per heavy atom. The van der Waals surface area contributed by atoms with Gasteiger partial charge in [0, 0.05) is 6.61 Å². The van der Waals surface area contributed by atoms with Gasteiger partial charge in [0.1, 0.15) is 0 Å². The first-order valence-corrected chi connectivity index (χ1v) is 6.68. The molecule has 0 saturated heterocycles. The van der Waals surface area contributed by atoms with Gasteiger partial charge in [-0.25, -0.2) is 0 Å². The fraction of sp³-hybridized carbons (Fsp3) is 1.00. The van der Waals surface area contributed by atoms with Crippen LogP contribution in [-0.2, 0) is 4.74 Å². The molecule has 0 aromatic heterocycles. The molecule has 0 bridgehead atoms. The van der Waals surface area contributed by atoms with Gasteiger partial charge in [0.2, 0.25) is 0 Å². The molecule has 1 atom stereocenters. The number of rotatable bonds is 6. The van der Waals surface area contributed by atoms with Gasteiger partial charge in [-0.2, -0.15) is 12.6 Å². The molecule has 14 heavy (non-hydrogen) atoms. The van der Waals surface area contributed by atoms with Crippen molar-refractivity contribution in [1.82, 2.24) is 0 Å². The lowest BCUT2D eigenvalue weighted by atomic mass is 9.90. The fourth-order valence-electron chi connectivity index (χ4n) is 2.05. The predicted octanol–water partition coefficient (Wildman–Crippen LogP) is 3.54. The lowest BCUT2D eigenvalue weighted by molar-refractivity contribution is 0.0644. The molecule has 2 heteroatoms. The van der Waals surface area contributed by atoms with Crippen molar-refractivity contribution >= 4 is 12.6 Å². The molecule has 0 spiro atoms. The van der Waals surface area contributed by atoms with Crippen molar-refractivity contribution in [2.75, 3.05) is 19.0 Å². The predicted molar refractivity (Wildman–Crippen MR) is 65.0 cm³/mol. The van der Waals surface area contributed by atoms with Crippen LogP contribution in [0.3, 0.4) is 0 Å². The third-order valence-corrected chi connectivity index (χ3v) is 3.78. The van der Waals surface area contributed by atoms with Crippen LogP contribution in [0, 0.1) is 11.8 Å². The van der Waals surface area contributed by atoms with Crippen molar-refractivity contribution in [1.29, 1.82) is 0 Å². The zero-order valence-corrected chi connectivity index (χ0v) is 10.3. The first kappa shape index (κ1) is 12.4. The quantitative estimate of drug-likeness (QED) is 0.668. The van der Waals surface area contributed by atoms with Gasteiger partial charge in [0.15, 0.2) is 0 Å². The van der Waals surface area contributed by atoms with Gasteiger partial charge in [-0.05, 0) is 30.4 Å². The van der Waals surface area contributed by atoms with Crippen molar-refractivity contribution in [3.8, 4) is 0 Å². The molecular weight excluding hydrogens is 192 g/mol. The highest BCUT2D eigenvalue weighted by molar-refractivity contribution is 7.80. The molecule has 0 aromatic carbocycles. The molecule has 0 aromatic rings. The summed E-state index contributed by atoms with van der Waals surface area (Å²) in [5.74, 6) is 2.46. The summed E-state index contributed by atoms with van der Waals surface area (Å²) >= 11 is 4.32. The topological polar surface area (TPSA) is 9.23 Å². The van der Waals surface area contributed by atoms with Gasteiger partial charge in [-0.3, -0.25) is 0 Å². The molecule has 1 aliphatic carbocycles. The molecular formula is C12H24OS. The van der Waals surface area contributed by atoms with Crippen LogP contribution in [0.15, 0.2) is 0 Å². The standard InChI is InChI=1S/C12H24OS/c1-2-11(10-14)8-13-9-12-6-4-3-5-7-12/h11-12,14H,2-10H2,1H3. The summed E-state index contributed by atoms with van der Waals surface area (Å²) in [7, 11) is 0. The minimum atomic E-state index is 0.655. The van der Waals surface area contributed by atoms with E-state index in [0.29, 0.717) is 5.92 Å². The van der Waals surface area contributed by atoms with E-state index >= 15 is 0 Å². The Labute approximate surface area is 94.0 Å². The smallest absolute Gasteiger partial charge is 0.0502 e. The van der Waals surface area contributed by atoms with Crippen LogP contribution in [-0.4, -0.2) is 19.0 Å². The van der Waals surface area contributed by atoms with Gasteiger partial charge < -0.3 is 4.74 Å². The van der Waals surface area contributed by atoms with Gasteiger partial charge in [0.05, 0.1) is 6.61 Å². The largest absolute Gasteiger partial charge is 0.381 e. The van der Waals surface area contributed by atoms with Crippen molar-refractivity contribution in [3.63, 3.8) is 0 Å². The number of thiol groups is 1. The van der Waals surface area contributed by atoms with E-state index in [2.05, 4.69) is 19.6 Å². The van der Waals surface area contributed by atoms with Crippen molar-refractivity contribution in [2.24, 2.45) is 11.8 Å². The summed E-state index contributed by atoms with van der Waals surface area (Å²) < 4.78 is 5.77. The summed E-state index contributed by atoms with van der Waals surface area (Å²) in [5.41, 5.74) is 0.